The molecule has 0 bridgehead atoms. The quantitative estimate of drug-likeness (QED) is 0.702. The third kappa shape index (κ3) is 6.34. The molecule has 2 rings (SSSR count). The number of thioether (sulfide) groups is 1. The number of methoxy groups -OCH3 is 2. The Morgan fingerprint density at radius 3 is 2.54 bits per heavy atom. The van der Waals surface area contributed by atoms with Crippen LogP contribution < -0.4 is 14.8 Å². The monoisotopic (exact) mass is 397 g/mol. The van der Waals surface area contributed by atoms with Gasteiger partial charge in [-0.1, -0.05) is 30.0 Å². The molecule has 144 valence electrons. The fourth-order valence-corrected chi connectivity index (χ4v) is 3.72. The number of piperazine rings is 1. The van der Waals surface area contributed by atoms with Crippen LogP contribution in [0.4, 0.5) is 0 Å². The fourth-order valence-electron chi connectivity index (χ4n) is 2.64. The van der Waals surface area contributed by atoms with Gasteiger partial charge in [0.2, 0.25) is 5.91 Å². The first-order chi connectivity index (χ1) is 12.5. The number of nitrogens with zero attached hydrogens (tertiary/aromatic N) is 2. The number of likely N-dealkylation sites (N-methyl/N-ethyl adjacent to an activating group) is 1. The van der Waals surface area contributed by atoms with Crippen LogP contribution in [0.25, 0.3) is 0 Å². The van der Waals surface area contributed by atoms with E-state index in [0.717, 1.165) is 42.5 Å². The van der Waals surface area contributed by atoms with E-state index in [1.165, 1.54) is 11.8 Å². The molecule has 1 saturated heterocycles. The number of ether oxygens (including phenoxy) is 2. The van der Waals surface area contributed by atoms with E-state index in [4.69, 9.17) is 21.7 Å². The second kappa shape index (κ2) is 10.6. The van der Waals surface area contributed by atoms with E-state index in [2.05, 4.69) is 22.2 Å². The van der Waals surface area contributed by atoms with Crippen molar-refractivity contribution < 1.29 is 14.3 Å². The van der Waals surface area contributed by atoms with Gasteiger partial charge in [0.1, 0.15) is 4.32 Å². The SMILES string of the molecule is COc1ccc(CCNC(=O)CSC(=S)N2CCN(C)CC2)cc1OC. The van der Waals surface area contributed by atoms with Crippen LogP contribution in [0.15, 0.2) is 18.2 Å². The zero-order chi connectivity index (χ0) is 18.9. The molecule has 1 fully saturated rings. The average Bonchev–Trinajstić information content (AvgIpc) is 2.66. The third-order valence-corrected chi connectivity index (χ3v) is 5.80. The van der Waals surface area contributed by atoms with E-state index in [9.17, 15) is 4.79 Å². The van der Waals surface area contributed by atoms with Crippen LogP contribution in [0, 0.1) is 0 Å². The Balaban J connectivity index is 1.68. The molecule has 0 unspecified atom stereocenters. The summed E-state index contributed by atoms with van der Waals surface area (Å²) in [7, 11) is 5.34. The number of hydrogen-bond donors (Lipinski definition) is 1. The van der Waals surface area contributed by atoms with Gasteiger partial charge in [-0.25, -0.2) is 0 Å². The summed E-state index contributed by atoms with van der Waals surface area (Å²) >= 11 is 6.88. The van der Waals surface area contributed by atoms with Gasteiger partial charge in [0, 0.05) is 32.7 Å². The van der Waals surface area contributed by atoms with Crippen molar-refractivity contribution >= 4 is 34.2 Å². The summed E-state index contributed by atoms with van der Waals surface area (Å²) in [6.07, 6.45) is 0.736. The van der Waals surface area contributed by atoms with Crippen LogP contribution in [0.1, 0.15) is 5.56 Å². The predicted molar refractivity (Wildman–Crippen MR) is 110 cm³/mol. The first kappa shape index (κ1) is 20.8. The van der Waals surface area contributed by atoms with Gasteiger partial charge in [0.05, 0.1) is 20.0 Å². The molecule has 0 radical (unpaired) electrons. The zero-order valence-corrected chi connectivity index (χ0v) is 17.3. The minimum absolute atomic E-state index is 0.00644. The van der Waals surface area contributed by atoms with Gasteiger partial charge in [-0.05, 0) is 31.2 Å². The lowest BCUT2D eigenvalue weighted by Gasteiger charge is -2.33. The molecule has 0 atom stereocenters. The topological polar surface area (TPSA) is 54.0 Å². The van der Waals surface area contributed by atoms with E-state index in [1.807, 2.05) is 18.2 Å². The van der Waals surface area contributed by atoms with Crippen molar-refractivity contribution in [2.45, 2.75) is 6.42 Å². The predicted octanol–water partition coefficient (Wildman–Crippen LogP) is 1.63. The third-order valence-electron chi connectivity index (χ3n) is 4.27. The van der Waals surface area contributed by atoms with Crippen LogP contribution in [0.2, 0.25) is 0 Å². The van der Waals surface area contributed by atoms with Crippen LogP contribution in [-0.4, -0.2) is 79.8 Å². The lowest BCUT2D eigenvalue weighted by molar-refractivity contribution is -0.118. The van der Waals surface area contributed by atoms with E-state index in [-0.39, 0.29) is 5.91 Å². The van der Waals surface area contributed by atoms with E-state index in [0.29, 0.717) is 23.8 Å². The van der Waals surface area contributed by atoms with Gasteiger partial charge in [-0.3, -0.25) is 4.79 Å². The Hall–Kier alpha value is -1.51. The van der Waals surface area contributed by atoms with Crippen LogP contribution in [0.5, 0.6) is 11.5 Å². The molecular weight excluding hydrogens is 370 g/mol. The number of thiocarbonyl (C=S) groups is 1. The van der Waals surface area contributed by atoms with Gasteiger partial charge in [-0.2, -0.15) is 0 Å². The number of hydrogen-bond acceptors (Lipinski definition) is 6. The lowest BCUT2D eigenvalue weighted by atomic mass is 10.1. The Morgan fingerprint density at radius 1 is 1.19 bits per heavy atom. The smallest absolute Gasteiger partial charge is 0.230 e. The fraction of sp³-hybridized carbons (Fsp3) is 0.556. The van der Waals surface area contributed by atoms with Crippen LogP contribution >= 0.6 is 24.0 Å². The Bertz CT molecular complexity index is 620. The van der Waals surface area contributed by atoms with Crippen molar-refractivity contribution in [3.63, 3.8) is 0 Å². The van der Waals surface area contributed by atoms with Gasteiger partial charge in [0.25, 0.3) is 0 Å². The van der Waals surface area contributed by atoms with E-state index < -0.39 is 0 Å². The number of nitrogens with one attached hydrogen (secondary N) is 1. The highest BCUT2D eigenvalue weighted by molar-refractivity contribution is 8.23. The maximum Gasteiger partial charge on any atom is 0.230 e. The first-order valence-electron chi connectivity index (χ1n) is 8.61. The maximum atomic E-state index is 12.0. The summed E-state index contributed by atoms with van der Waals surface area (Å²) in [6.45, 7) is 4.47. The summed E-state index contributed by atoms with van der Waals surface area (Å²) < 4.78 is 11.3. The van der Waals surface area contributed by atoms with Gasteiger partial charge in [-0.15, -0.1) is 0 Å². The molecule has 1 heterocycles. The molecular formula is C18H27N3O3S2. The van der Waals surface area contributed by atoms with Gasteiger partial charge >= 0.3 is 0 Å². The number of amides is 1. The maximum absolute atomic E-state index is 12.0. The van der Waals surface area contributed by atoms with Crippen molar-refractivity contribution in [2.24, 2.45) is 0 Å². The number of benzene rings is 1. The standard InChI is InChI=1S/C18H27N3O3S2/c1-20-8-10-21(11-9-20)18(25)26-13-17(22)19-7-6-14-4-5-15(23-2)16(12-14)24-3/h4-5,12H,6-11,13H2,1-3H3,(H,19,22). The second-order valence-corrected chi connectivity index (χ2v) is 7.74. The van der Waals surface area contributed by atoms with E-state index >= 15 is 0 Å². The van der Waals surface area contributed by atoms with Crippen molar-refractivity contribution in [3.8, 4) is 11.5 Å². The number of carbonyl (C=O) groups is 1. The Kier molecular flexibility index (Phi) is 8.47. The molecule has 8 heteroatoms. The largest absolute Gasteiger partial charge is 0.493 e. The molecule has 1 amide bonds. The normalized spacial score (nSPS) is 14.8. The molecule has 1 N–H and O–H groups in total. The molecule has 1 aromatic rings. The van der Waals surface area contributed by atoms with Gasteiger partial charge < -0.3 is 24.6 Å². The van der Waals surface area contributed by atoms with Crippen molar-refractivity contribution in [2.75, 3.05) is 59.7 Å². The highest BCUT2D eigenvalue weighted by atomic mass is 32.2. The average molecular weight is 398 g/mol. The summed E-state index contributed by atoms with van der Waals surface area (Å²) in [5, 5.41) is 2.94. The lowest BCUT2D eigenvalue weighted by Crippen LogP contribution is -2.46. The molecule has 0 aliphatic carbocycles. The molecule has 6 nitrogen and oxygen atoms in total. The number of carbonyl (C=O) groups excluding carboxylic acids is 1. The molecule has 0 aromatic heterocycles. The first-order valence-corrected chi connectivity index (χ1v) is 10.0. The zero-order valence-electron chi connectivity index (χ0n) is 15.6. The molecule has 1 aliphatic rings. The summed E-state index contributed by atoms with van der Waals surface area (Å²) in [6, 6.07) is 5.79. The minimum Gasteiger partial charge on any atom is -0.493 e. The molecule has 26 heavy (non-hydrogen) atoms. The molecule has 0 spiro atoms. The molecule has 1 aromatic carbocycles. The summed E-state index contributed by atoms with van der Waals surface area (Å²) in [5.41, 5.74) is 1.09. The molecule has 1 aliphatic heterocycles. The van der Waals surface area contributed by atoms with Crippen molar-refractivity contribution in [3.05, 3.63) is 23.8 Å². The molecule has 0 saturated carbocycles. The van der Waals surface area contributed by atoms with Crippen LogP contribution in [-0.2, 0) is 11.2 Å². The highest BCUT2D eigenvalue weighted by Gasteiger charge is 2.17. The summed E-state index contributed by atoms with van der Waals surface area (Å²) in [5.74, 6) is 1.77. The van der Waals surface area contributed by atoms with Crippen LogP contribution in [0.3, 0.4) is 0 Å². The summed E-state index contributed by atoms with van der Waals surface area (Å²) in [4.78, 5) is 16.5. The van der Waals surface area contributed by atoms with E-state index in [1.54, 1.807) is 14.2 Å². The second-order valence-electron chi connectivity index (χ2n) is 6.13. The van der Waals surface area contributed by atoms with Crippen molar-refractivity contribution in [1.82, 2.24) is 15.1 Å². The van der Waals surface area contributed by atoms with Gasteiger partial charge in [0.15, 0.2) is 11.5 Å². The minimum atomic E-state index is 0.00644. The highest BCUT2D eigenvalue weighted by Crippen LogP contribution is 2.27. The number of rotatable bonds is 7. The van der Waals surface area contributed by atoms with Crippen molar-refractivity contribution in [1.29, 1.82) is 0 Å². The Morgan fingerprint density at radius 2 is 1.88 bits per heavy atom. The Labute approximate surface area is 165 Å².